The molecule has 0 aliphatic heterocycles. The zero-order chi connectivity index (χ0) is 12.4. The van der Waals surface area contributed by atoms with Crippen molar-refractivity contribution in [3.05, 3.63) is 29.6 Å². The van der Waals surface area contributed by atoms with Crippen LogP contribution >= 0.6 is 0 Å². The van der Waals surface area contributed by atoms with Crippen molar-refractivity contribution < 1.29 is 4.39 Å². The van der Waals surface area contributed by atoms with Gasteiger partial charge in [-0.05, 0) is 44.9 Å². The second kappa shape index (κ2) is 5.05. The maximum atomic E-state index is 13.9. The molecule has 0 amide bonds. The highest BCUT2D eigenvalue weighted by Crippen LogP contribution is 2.33. The molecular weight excluding hydrogens is 215 g/mol. The zero-order valence-corrected chi connectivity index (χ0v) is 10.8. The molecule has 1 N–H and O–H groups in total. The number of anilines is 1. The molecule has 1 aliphatic carbocycles. The largest absolute Gasteiger partial charge is 0.374 e. The Morgan fingerprint density at radius 1 is 1.47 bits per heavy atom. The Labute approximate surface area is 103 Å². The Morgan fingerprint density at radius 2 is 2.18 bits per heavy atom. The summed E-state index contributed by atoms with van der Waals surface area (Å²) in [6.07, 6.45) is 2.63. The molecule has 3 heteroatoms. The van der Waals surface area contributed by atoms with Crippen LogP contribution in [-0.4, -0.2) is 20.6 Å². The fourth-order valence-electron chi connectivity index (χ4n) is 2.22. The number of rotatable bonds is 5. The summed E-state index contributed by atoms with van der Waals surface area (Å²) >= 11 is 0. The Kier molecular flexibility index (Phi) is 3.67. The third kappa shape index (κ3) is 2.78. The van der Waals surface area contributed by atoms with Crippen LogP contribution in [0.5, 0.6) is 0 Å². The normalized spacial score (nSPS) is 16.9. The van der Waals surface area contributed by atoms with Gasteiger partial charge in [0.2, 0.25) is 0 Å². The highest BCUT2D eigenvalue weighted by atomic mass is 19.1. The summed E-state index contributed by atoms with van der Waals surface area (Å²) in [5.74, 6) is 0.688. The van der Waals surface area contributed by atoms with E-state index in [0.29, 0.717) is 0 Å². The first kappa shape index (κ1) is 12.4. The molecule has 0 radical (unpaired) electrons. The van der Waals surface area contributed by atoms with E-state index in [4.69, 9.17) is 0 Å². The summed E-state index contributed by atoms with van der Waals surface area (Å²) in [4.78, 5) is 2.18. The number of hydrogen-bond acceptors (Lipinski definition) is 2. The predicted octanol–water partition coefficient (Wildman–Crippen LogP) is 2.95. The van der Waals surface area contributed by atoms with E-state index in [0.717, 1.165) is 23.7 Å². The van der Waals surface area contributed by atoms with Crippen LogP contribution in [0, 0.1) is 11.7 Å². The Morgan fingerprint density at radius 3 is 2.76 bits per heavy atom. The van der Waals surface area contributed by atoms with Crippen molar-refractivity contribution in [3.63, 3.8) is 0 Å². The number of nitrogens with one attached hydrogen (secondary N) is 1. The average Bonchev–Trinajstić information content (AvgIpc) is 3.11. The summed E-state index contributed by atoms with van der Waals surface area (Å²) in [7, 11) is 3.92. The van der Waals surface area contributed by atoms with E-state index in [1.54, 1.807) is 6.07 Å². The van der Waals surface area contributed by atoms with Crippen LogP contribution < -0.4 is 10.2 Å². The maximum Gasteiger partial charge on any atom is 0.130 e. The molecule has 1 unspecified atom stereocenters. The quantitative estimate of drug-likeness (QED) is 0.845. The number of benzene rings is 1. The third-order valence-corrected chi connectivity index (χ3v) is 3.54. The van der Waals surface area contributed by atoms with Crippen LogP contribution in [0.15, 0.2) is 18.2 Å². The van der Waals surface area contributed by atoms with Gasteiger partial charge in [0.25, 0.3) is 0 Å². The molecule has 2 nitrogen and oxygen atoms in total. The van der Waals surface area contributed by atoms with Crippen LogP contribution in [0.1, 0.15) is 31.4 Å². The Bertz CT molecular complexity index is 388. The number of nitrogens with zero attached hydrogens (tertiary/aromatic N) is 1. The van der Waals surface area contributed by atoms with E-state index >= 15 is 0 Å². The van der Waals surface area contributed by atoms with Gasteiger partial charge in [-0.2, -0.15) is 0 Å². The van der Waals surface area contributed by atoms with E-state index in [1.165, 1.54) is 18.9 Å². The van der Waals surface area contributed by atoms with Gasteiger partial charge >= 0.3 is 0 Å². The molecule has 1 aromatic rings. The van der Waals surface area contributed by atoms with Crippen molar-refractivity contribution in [2.45, 2.75) is 25.8 Å². The fraction of sp³-hybridized carbons (Fsp3) is 0.571. The van der Waals surface area contributed by atoms with Crippen molar-refractivity contribution in [2.75, 3.05) is 25.5 Å². The molecule has 94 valence electrons. The molecule has 1 saturated carbocycles. The summed E-state index contributed by atoms with van der Waals surface area (Å²) in [5, 5.41) is 3.12. The van der Waals surface area contributed by atoms with Gasteiger partial charge in [-0.3, -0.25) is 0 Å². The first-order valence-electron chi connectivity index (χ1n) is 6.30. The van der Waals surface area contributed by atoms with E-state index in [2.05, 4.69) is 17.3 Å². The molecule has 1 aromatic carbocycles. The Balaban J connectivity index is 2.27. The van der Waals surface area contributed by atoms with Gasteiger partial charge in [0.15, 0.2) is 0 Å². The summed E-state index contributed by atoms with van der Waals surface area (Å²) in [5.41, 5.74) is 1.79. The third-order valence-electron chi connectivity index (χ3n) is 3.54. The molecule has 1 atom stereocenters. The van der Waals surface area contributed by atoms with E-state index in [9.17, 15) is 4.39 Å². The lowest BCUT2D eigenvalue weighted by Crippen LogP contribution is -2.24. The molecule has 0 saturated heterocycles. The average molecular weight is 236 g/mol. The molecule has 1 fully saturated rings. The van der Waals surface area contributed by atoms with Crippen LogP contribution in [0.4, 0.5) is 10.1 Å². The van der Waals surface area contributed by atoms with E-state index in [1.807, 2.05) is 20.0 Å². The van der Waals surface area contributed by atoms with Gasteiger partial charge in [-0.1, -0.05) is 6.07 Å². The van der Waals surface area contributed by atoms with E-state index in [-0.39, 0.29) is 11.9 Å². The lowest BCUT2D eigenvalue weighted by molar-refractivity contribution is 0.560. The minimum atomic E-state index is -0.119. The molecule has 1 aliphatic rings. The van der Waals surface area contributed by atoms with Gasteiger partial charge in [0, 0.05) is 30.9 Å². The second-order valence-electron chi connectivity index (χ2n) is 5.01. The molecule has 2 rings (SSSR count). The molecule has 0 bridgehead atoms. The fourth-order valence-corrected chi connectivity index (χ4v) is 2.22. The van der Waals surface area contributed by atoms with Gasteiger partial charge < -0.3 is 10.2 Å². The van der Waals surface area contributed by atoms with Crippen LogP contribution in [-0.2, 0) is 0 Å². The molecule has 0 aromatic heterocycles. The Hall–Kier alpha value is -1.09. The monoisotopic (exact) mass is 236 g/mol. The molecule has 17 heavy (non-hydrogen) atoms. The second-order valence-corrected chi connectivity index (χ2v) is 5.01. The summed E-state index contributed by atoms with van der Waals surface area (Å²) in [6.45, 7) is 3.03. The molecule has 0 spiro atoms. The van der Waals surface area contributed by atoms with Crippen molar-refractivity contribution in [1.82, 2.24) is 5.32 Å². The van der Waals surface area contributed by atoms with Crippen molar-refractivity contribution in [3.8, 4) is 0 Å². The number of halogens is 1. The number of hydrogen-bond donors (Lipinski definition) is 1. The summed E-state index contributed by atoms with van der Waals surface area (Å²) < 4.78 is 13.9. The smallest absolute Gasteiger partial charge is 0.130 e. The summed E-state index contributed by atoms with van der Waals surface area (Å²) in [6, 6.07) is 5.37. The van der Waals surface area contributed by atoms with E-state index < -0.39 is 0 Å². The van der Waals surface area contributed by atoms with Crippen LogP contribution in [0.2, 0.25) is 0 Å². The van der Waals surface area contributed by atoms with Crippen LogP contribution in [0.25, 0.3) is 0 Å². The van der Waals surface area contributed by atoms with Gasteiger partial charge in [-0.15, -0.1) is 0 Å². The molecule has 0 heterocycles. The standard InChI is InChI=1S/C14H21FN2/c1-10(16-2)14-12(15)5-4-6-13(14)17(3)9-11-7-8-11/h4-6,10-11,16H,7-9H2,1-3H3. The highest BCUT2D eigenvalue weighted by molar-refractivity contribution is 5.55. The van der Waals surface area contributed by atoms with Crippen LogP contribution in [0.3, 0.4) is 0 Å². The van der Waals surface area contributed by atoms with Gasteiger partial charge in [0.05, 0.1) is 0 Å². The topological polar surface area (TPSA) is 15.3 Å². The lowest BCUT2D eigenvalue weighted by atomic mass is 10.0. The SMILES string of the molecule is CNC(C)c1c(F)cccc1N(C)CC1CC1. The minimum absolute atomic E-state index is 0.0350. The first-order valence-corrected chi connectivity index (χ1v) is 6.30. The first-order chi connectivity index (χ1) is 8.13. The molecular formula is C14H21FN2. The van der Waals surface area contributed by atoms with Crippen molar-refractivity contribution >= 4 is 5.69 Å². The highest BCUT2D eigenvalue weighted by Gasteiger charge is 2.25. The van der Waals surface area contributed by atoms with Gasteiger partial charge in [0.1, 0.15) is 5.82 Å². The lowest BCUT2D eigenvalue weighted by Gasteiger charge is -2.25. The maximum absolute atomic E-state index is 13.9. The minimum Gasteiger partial charge on any atom is -0.374 e. The van der Waals surface area contributed by atoms with Gasteiger partial charge in [-0.25, -0.2) is 4.39 Å². The predicted molar refractivity (Wildman–Crippen MR) is 69.9 cm³/mol. The van der Waals surface area contributed by atoms with Crippen molar-refractivity contribution in [2.24, 2.45) is 5.92 Å². The zero-order valence-electron chi connectivity index (χ0n) is 10.8. The van der Waals surface area contributed by atoms with Crippen molar-refractivity contribution in [1.29, 1.82) is 0 Å².